The molecule has 0 aliphatic carbocycles. The molecule has 0 aliphatic heterocycles. The van der Waals surface area contributed by atoms with Gasteiger partial charge in [-0.15, -0.1) is 0 Å². The summed E-state index contributed by atoms with van der Waals surface area (Å²) in [5.41, 5.74) is 4.40. The molecule has 3 rings (SSSR count). The minimum absolute atomic E-state index is 0.0792. The molecule has 0 heterocycles. The van der Waals surface area contributed by atoms with Crippen molar-refractivity contribution in [1.82, 2.24) is 4.90 Å². The first-order valence-electron chi connectivity index (χ1n) is 9.92. The van der Waals surface area contributed by atoms with Gasteiger partial charge in [-0.2, -0.15) is 0 Å². The van der Waals surface area contributed by atoms with Crippen LogP contribution in [0.1, 0.15) is 40.0 Å². The number of likely N-dealkylation sites (N-methyl/N-ethyl adjacent to an activating group) is 1. The number of rotatable bonds is 6. The number of carbonyl (C=O) groups is 2. The number of hydrogen-bond acceptors (Lipinski definition) is 2. The maximum Gasteiger partial charge on any atom is 0.255 e. The van der Waals surface area contributed by atoms with Crippen LogP contribution in [0, 0.1) is 6.92 Å². The second kappa shape index (κ2) is 9.70. The lowest BCUT2D eigenvalue weighted by Crippen LogP contribution is -2.28. The number of hydrogen-bond donors (Lipinski definition) is 1. The Morgan fingerprint density at radius 1 is 0.933 bits per heavy atom. The summed E-state index contributed by atoms with van der Waals surface area (Å²) in [7, 11) is 1.78. The second-order valence-corrected chi connectivity index (χ2v) is 7.26. The molecule has 0 saturated carbocycles. The highest BCUT2D eigenvalue weighted by atomic mass is 16.2. The Balaban J connectivity index is 1.69. The predicted octanol–water partition coefficient (Wildman–Crippen LogP) is 5.48. The number of carbonyl (C=O) groups excluding carboxylic acids is 2. The molecule has 0 spiro atoms. The highest BCUT2D eigenvalue weighted by Gasteiger charge is 2.16. The molecule has 0 bridgehead atoms. The third-order valence-corrected chi connectivity index (χ3v) is 5.19. The van der Waals surface area contributed by atoms with E-state index >= 15 is 0 Å². The molecule has 152 valence electrons. The minimum Gasteiger partial charge on any atom is -0.335 e. The maximum atomic E-state index is 12.7. The monoisotopic (exact) mass is 398 g/mol. The van der Waals surface area contributed by atoms with Crippen LogP contribution in [0.5, 0.6) is 0 Å². The van der Waals surface area contributed by atoms with Crippen LogP contribution in [0.2, 0.25) is 0 Å². The summed E-state index contributed by atoms with van der Waals surface area (Å²) < 4.78 is 0. The molecule has 3 aromatic carbocycles. The van der Waals surface area contributed by atoms with Gasteiger partial charge in [-0.3, -0.25) is 9.59 Å². The van der Waals surface area contributed by atoms with E-state index in [0.717, 1.165) is 16.7 Å². The Morgan fingerprint density at radius 2 is 1.63 bits per heavy atom. The van der Waals surface area contributed by atoms with Crippen molar-refractivity contribution in [3.05, 3.63) is 107 Å². The van der Waals surface area contributed by atoms with E-state index in [1.807, 2.05) is 86.7 Å². The summed E-state index contributed by atoms with van der Waals surface area (Å²) in [6.45, 7) is 3.99. The quantitative estimate of drug-likeness (QED) is 0.559. The largest absolute Gasteiger partial charge is 0.335 e. The summed E-state index contributed by atoms with van der Waals surface area (Å²) >= 11 is 0. The van der Waals surface area contributed by atoms with E-state index in [1.54, 1.807) is 30.2 Å². The van der Waals surface area contributed by atoms with Gasteiger partial charge in [-0.05, 0) is 60.9 Å². The van der Waals surface area contributed by atoms with E-state index in [-0.39, 0.29) is 17.9 Å². The van der Waals surface area contributed by atoms with Crippen molar-refractivity contribution in [2.75, 3.05) is 12.4 Å². The van der Waals surface area contributed by atoms with Crippen LogP contribution >= 0.6 is 0 Å². The van der Waals surface area contributed by atoms with Gasteiger partial charge >= 0.3 is 0 Å². The fourth-order valence-corrected chi connectivity index (χ4v) is 3.14. The second-order valence-electron chi connectivity index (χ2n) is 7.26. The smallest absolute Gasteiger partial charge is 0.255 e. The van der Waals surface area contributed by atoms with E-state index in [1.165, 1.54) is 0 Å². The van der Waals surface area contributed by atoms with Gasteiger partial charge in [0.1, 0.15) is 0 Å². The van der Waals surface area contributed by atoms with Gasteiger partial charge in [0.15, 0.2) is 0 Å². The molecule has 0 fully saturated rings. The van der Waals surface area contributed by atoms with Gasteiger partial charge in [-0.1, -0.05) is 54.6 Å². The number of nitrogens with one attached hydrogen (secondary N) is 1. The Bertz CT molecular complexity index is 1060. The summed E-state index contributed by atoms with van der Waals surface area (Å²) in [5, 5.41) is 2.92. The van der Waals surface area contributed by atoms with E-state index in [9.17, 15) is 9.59 Å². The van der Waals surface area contributed by atoms with Crippen LogP contribution in [0.25, 0.3) is 6.08 Å². The van der Waals surface area contributed by atoms with E-state index in [0.29, 0.717) is 11.3 Å². The zero-order valence-corrected chi connectivity index (χ0v) is 17.5. The van der Waals surface area contributed by atoms with Gasteiger partial charge in [0.05, 0.1) is 6.04 Å². The number of amides is 2. The number of nitrogens with zero attached hydrogens (tertiary/aromatic N) is 1. The third kappa shape index (κ3) is 5.23. The standard InChI is InChI=1S/C26H26N2O2/c1-19-10-7-8-11-21(19)16-17-25(29)28(3)20(2)23-14-9-15-24(18-23)27-26(30)22-12-5-4-6-13-22/h4-18,20H,1-3H3,(H,27,30). The van der Waals surface area contributed by atoms with Crippen LogP contribution in [-0.4, -0.2) is 23.8 Å². The first-order valence-corrected chi connectivity index (χ1v) is 9.92. The summed E-state index contributed by atoms with van der Waals surface area (Å²) in [6.07, 6.45) is 3.44. The lowest BCUT2D eigenvalue weighted by molar-refractivity contribution is -0.126. The Kier molecular flexibility index (Phi) is 6.81. The molecule has 0 aliphatic rings. The molecule has 2 amide bonds. The van der Waals surface area contributed by atoms with Gasteiger partial charge in [0, 0.05) is 24.4 Å². The van der Waals surface area contributed by atoms with Crippen molar-refractivity contribution >= 4 is 23.6 Å². The van der Waals surface area contributed by atoms with Gasteiger partial charge in [-0.25, -0.2) is 0 Å². The molecule has 3 aromatic rings. The topological polar surface area (TPSA) is 49.4 Å². The molecule has 1 N–H and O–H groups in total. The third-order valence-electron chi connectivity index (χ3n) is 5.19. The van der Waals surface area contributed by atoms with Crippen molar-refractivity contribution in [2.24, 2.45) is 0 Å². The van der Waals surface area contributed by atoms with Crippen molar-refractivity contribution < 1.29 is 9.59 Å². The molecule has 4 nitrogen and oxygen atoms in total. The molecular weight excluding hydrogens is 372 g/mol. The van der Waals surface area contributed by atoms with Crippen molar-refractivity contribution in [3.8, 4) is 0 Å². The molecule has 0 saturated heterocycles. The van der Waals surface area contributed by atoms with E-state index in [4.69, 9.17) is 0 Å². The number of anilines is 1. The Labute approximate surface area is 177 Å². The summed E-state index contributed by atoms with van der Waals surface area (Å²) in [5.74, 6) is -0.240. The lowest BCUT2D eigenvalue weighted by Gasteiger charge is -2.24. The predicted molar refractivity (Wildman–Crippen MR) is 122 cm³/mol. The molecule has 1 unspecified atom stereocenters. The first-order chi connectivity index (χ1) is 14.5. The van der Waals surface area contributed by atoms with Crippen molar-refractivity contribution in [3.63, 3.8) is 0 Å². The summed E-state index contributed by atoms with van der Waals surface area (Å²) in [4.78, 5) is 26.7. The molecule has 0 radical (unpaired) electrons. The highest BCUT2D eigenvalue weighted by molar-refractivity contribution is 6.04. The van der Waals surface area contributed by atoms with E-state index < -0.39 is 0 Å². The fourth-order valence-electron chi connectivity index (χ4n) is 3.14. The zero-order chi connectivity index (χ0) is 21.5. The van der Waals surface area contributed by atoms with Gasteiger partial charge in [0.2, 0.25) is 5.91 Å². The van der Waals surface area contributed by atoms with Crippen molar-refractivity contribution in [2.45, 2.75) is 19.9 Å². The fraction of sp³-hybridized carbons (Fsp3) is 0.154. The Hall–Kier alpha value is -3.66. The van der Waals surface area contributed by atoms with Crippen LogP contribution < -0.4 is 5.32 Å². The zero-order valence-electron chi connectivity index (χ0n) is 17.5. The SMILES string of the molecule is Cc1ccccc1C=CC(=O)N(C)C(C)c1cccc(NC(=O)c2ccccc2)c1. The molecule has 0 aromatic heterocycles. The average Bonchev–Trinajstić information content (AvgIpc) is 2.78. The Morgan fingerprint density at radius 3 is 2.37 bits per heavy atom. The molecule has 4 heteroatoms. The average molecular weight is 399 g/mol. The molecule has 1 atom stereocenters. The van der Waals surface area contributed by atoms with Crippen LogP contribution in [0.3, 0.4) is 0 Å². The first kappa shape index (κ1) is 21.1. The van der Waals surface area contributed by atoms with Crippen LogP contribution in [0.4, 0.5) is 5.69 Å². The summed E-state index contributed by atoms with van der Waals surface area (Å²) in [6, 6.07) is 24.5. The number of aryl methyl sites for hydroxylation is 1. The van der Waals surface area contributed by atoms with E-state index in [2.05, 4.69) is 5.32 Å². The van der Waals surface area contributed by atoms with Gasteiger partial charge < -0.3 is 10.2 Å². The normalized spacial score (nSPS) is 11.8. The minimum atomic E-state index is -0.161. The maximum absolute atomic E-state index is 12.7. The van der Waals surface area contributed by atoms with Crippen LogP contribution in [0.15, 0.2) is 84.9 Å². The number of benzene rings is 3. The van der Waals surface area contributed by atoms with Crippen molar-refractivity contribution in [1.29, 1.82) is 0 Å². The van der Waals surface area contributed by atoms with Gasteiger partial charge in [0.25, 0.3) is 5.91 Å². The lowest BCUT2D eigenvalue weighted by atomic mass is 10.1. The molecule has 30 heavy (non-hydrogen) atoms. The van der Waals surface area contributed by atoms with Crippen LogP contribution in [-0.2, 0) is 4.79 Å². The highest BCUT2D eigenvalue weighted by Crippen LogP contribution is 2.23. The molecular formula is C26H26N2O2.